The van der Waals surface area contributed by atoms with Crippen molar-refractivity contribution in [2.75, 3.05) is 12.0 Å². The zero-order chi connectivity index (χ0) is 25.0. The quantitative estimate of drug-likeness (QED) is 0.189. The van der Waals surface area contributed by atoms with Crippen LogP contribution in [0.3, 0.4) is 0 Å². The summed E-state index contributed by atoms with van der Waals surface area (Å²) in [6, 6.07) is 4.35. The van der Waals surface area contributed by atoms with Crippen LogP contribution in [0.15, 0.2) is 30.3 Å². The second kappa shape index (κ2) is 14.1. The van der Waals surface area contributed by atoms with Crippen LogP contribution in [-0.4, -0.2) is 70.9 Å². The Bertz CT molecular complexity index is 838. The number of carbonyl (C=O) groups excluding carboxylic acids is 4. The first kappa shape index (κ1) is 27.9. The SMILES string of the molecule is CSCCC(NC(=O)C(N)CC(N)=O)C(=O)NC(C)C(=O)NC(Cc1ccccc1)C(=O)O. The third kappa shape index (κ3) is 10.4. The molecular formula is C21H31N5O6S. The molecule has 1 aromatic carbocycles. The van der Waals surface area contributed by atoms with Crippen molar-refractivity contribution in [2.45, 2.75) is 50.4 Å². The highest BCUT2D eigenvalue weighted by molar-refractivity contribution is 7.98. The topological polar surface area (TPSA) is 194 Å². The summed E-state index contributed by atoms with van der Waals surface area (Å²) in [6.07, 6.45) is 1.78. The van der Waals surface area contributed by atoms with Crippen LogP contribution in [0.2, 0.25) is 0 Å². The number of nitrogens with one attached hydrogen (secondary N) is 3. The average molecular weight is 482 g/mol. The highest BCUT2D eigenvalue weighted by Crippen LogP contribution is 2.05. The molecule has 0 fully saturated rings. The molecule has 11 nitrogen and oxygen atoms in total. The van der Waals surface area contributed by atoms with Crippen LogP contribution < -0.4 is 27.4 Å². The lowest BCUT2D eigenvalue weighted by Gasteiger charge is -2.23. The standard InChI is InChI=1S/C21H31N5O6S/c1-12(18(28)26-16(21(31)32)10-13-6-4-3-5-7-13)24-20(30)15(8-9-33-2)25-19(29)14(22)11-17(23)27/h3-7,12,14-16H,8-11,22H2,1-2H3,(H2,23,27)(H,24,30)(H,25,29)(H,26,28)(H,31,32). The van der Waals surface area contributed by atoms with Crippen LogP contribution in [0.1, 0.15) is 25.3 Å². The number of carboxylic acid groups (broad SMARTS) is 1. The molecule has 4 amide bonds. The largest absolute Gasteiger partial charge is 0.480 e. The van der Waals surface area contributed by atoms with E-state index >= 15 is 0 Å². The summed E-state index contributed by atoms with van der Waals surface area (Å²) < 4.78 is 0. The van der Waals surface area contributed by atoms with Gasteiger partial charge in [-0.2, -0.15) is 11.8 Å². The van der Waals surface area contributed by atoms with Gasteiger partial charge in [0.25, 0.3) is 0 Å². The molecule has 33 heavy (non-hydrogen) atoms. The van der Waals surface area contributed by atoms with Crippen molar-refractivity contribution in [1.29, 1.82) is 0 Å². The number of carbonyl (C=O) groups is 5. The molecule has 0 bridgehead atoms. The lowest BCUT2D eigenvalue weighted by atomic mass is 10.1. The van der Waals surface area contributed by atoms with Gasteiger partial charge >= 0.3 is 5.97 Å². The molecule has 0 radical (unpaired) electrons. The maximum Gasteiger partial charge on any atom is 0.326 e. The third-order valence-electron chi connectivity index (χ3n) is 4.65. The Kier molecular flexibility index (Phi) is 11.9. The van der Waals surface area contributed by atoms with E-state index in [0.29, 0.717) is 5.75 Å². The van der Waals surface area contributed by atoms with Crippen LogP contribution >= 0.6 is 11.8 Å². The molecule has 8 N–H and O–H groups in total. The molecule has 0 spiro atoms. The van der Waals surface area contributed by atoms with Crippen molar-refractivity contribution < 1.29 is 29.1 Å². The third-order valence-corrected chi connectivity index (χ3v) is 5.29. The van der Waals surface area contributed by atoms with Crippen LogP contribution in [0.4, 0.5) is 0 Å². The van der Waals surface area contributed by atoms with E-state index in [1.165, 1.54) is 18.7 Å². The van der Waals surface area contributed by atoms with E-state index in [2.05, 4.69) is 16.0 Å². The molecule has 0 aliphatic carbocycles. The zero-order valence-electron chi connectivity index (χ0n) is 18.6. The maximum atomic E-state index is 12.7. The van der Waals surface area contributed by atoms with E-state index < -0.39 is 53.8 Å². The molecule has 0 saturated carbocycles. The Hall–Kier alpha value is -3.12. The molecule has 4 unspecified atom stereocenters. The first-order valence-corrected chi connectivity index (χ1v) is 11.6. The monoisotopic (exact) mass is 481 g/mol. The first-order valence-electron chi connectivity index (χ1n) is 10.3. The number of amides is 4. The van der Waals surface area contributed by atoms with Crippen LogP contribution in [0.25, 0.3) is 0 Å². The van der Waals surface area contributed by atoms with Gasteiger partial charge in [-0.15, -0.1) is 0 Å². The van der Waals surface area contributed by atoms with E-state index in [-0.39, 0.29) is 19.3 Å². The normalized spacial score (nSPS) is 14.3. The van der Waals surface area contributed by atoms with E-state index in [1.54, 1.807) is 30.3 Å². The van der Waals surface area contributed by atoms with Gasteiger partial charge in [-0.1, -0.05) is 30.3 Å². The molecule has 1 aromatic rings. The van der Waals surface area contributed by atoms with Gasteiger partial charge in [0, 0.05) is 6.42 Å². The Morgan fingerprint density at radius 3 is 2.12 bits per heavy atom. The Labute approximate surface area is 196 Å². The molecule has 0 aliphatic rings. The number of thioether (sulfide) groups is 1. The highest BCUT2D eigenvalue weighted by Gasteiger charge is 2.28. The van der Waals surface area contributed by atoms with Gasteiger partial charge in [-0.3, -0.25) is 19.2 Å². The molecule has 4 atom stereocenters. The molecule has 0 aliphatic heterocycles. The van der Waals surface area contributed by atoms with Crippen molar-refractivity contribution >= 4 is 41.4 Å². The van der Waals surface area contributed by atoms with Crippen molar-refractivity contribution in [1.82, 2.24) is 16.0 Å². The lowest BCUT2D eigenvalue weighted by Crippen LogP contribution is -2.56. The zero-order valence-corrected chi connectivity index (χ0v) is 19.4. The van der Waals surface area contributed by atoms with Crippen LogP contribution in [-0.2, 0) is 30.4 Å². The minimum atomic E-state index is -1.21. The van der Waals surface area contributed by atoms with Crippen LogP contribution in [0, 0.1) is 0 Å². The molecular weight excluding hydrogens is 450 g/mol. The molecule has 12 heteroatoms. The Morgan fingerprint density at radius 1 is 0.970 bits per heavy atom. The Morgan fingerprint density at radius 2 is 1.58 bits per heavy atom. The van der Waals surface area contributed by atoms with Gasteiger partial charge in [0.15, 0.2) is 0 Å². The number of primary amides is 1. The number of aliphatic carboxylic acids is 1. The Balaban J connectivity index is 2.76. The van der Waals surface area contributed by atoms with Gasteiger partial charge in [0.2, 0.25) is 23.6 Å². The summed E-state index contributed by atoms with van der Waals surface area (Å²) in [4.78, 5) is 60.0. The molecule has 1 rings (SSSR count). The fourth-order valence-corrected chi connectivity index (χ4v) is 3.29. The predicted molar refractivity (Wildman–Crippen MR) is 124 cm³/mol. The number of nitrogens with two attached hydrogens (primary N) is 2. The minimum absolute atomic E-state index is 0.0761. The van der Waals surface area contributed by atoms with Gasteiger partial charge in [-0.05, 0) is 30.9 Å². The summed E-state index contributed by atoms with van der Waals surface area (Å²) in [7, 11) is 0. The fraction of sp³-hybridized carbons (Fsp3) is 0.476. The van der Waals surface area contributed by atoms with Crippen molar-refractivity contribution in [3.8, 4) is 0 Å². The van der Waals surface area contributed by atoms with Crippen molar-refractivity contribution in [3.05, 3.63) is 35.9 Å². The summed E-state index contributed by atoms with van der Waals surface area (Å²) in [5.41, 5.74) is 11.4. The molecule has 0 aromatic heterocycles. The maximum absolute atomic E-state index is 12.7. The molecule has 182 valence electrons. The van der Waals surface area contributed by atoms with E-state index in [9.17, 15) is 29.1 Å². The number of hydrogen-bond donors (Lipinski definition) is 6. The van der Waals surface area contributed by atoms with Crippen molar-refractivity contribution in [2.24, 2.45) is 11.5 Å². The van der Waals surface area contributed by atoms with Crippen LogP contribution in [0.5, 0.6) is 0 Å². The summed E-state index contributed by atoms with van der Waals surface area (Å²) in [5.74, 6) is -3.48. The average Bonchev–Trinajstić information content (AvgIpc) is 2.75. The number of carboxylic acids is 1. The smallest absolute Gasteiger partial charge is 0.326 e. The number of rotatable bonds is 14. The van der Waals surface area contributed by atoms with E-state index in [1.807, 2.05) is 6.26 Å². The second-order valence-corrected chi connectivity index (χ2v) is 8.42. The summed E-state index contributed by atoms with van der Waals surface area (Å²) in [6.45, 7) is 1.40. The van der Waals surface area contributed by atoms with Gasteiger partial charge < -0.3 is 32.5 Å². The number of hydrogen-bond acceptors (Lipinski definition) is 7. The lowest BCUT2D eigenvalue weighted by molar-refractivity contribution is -0.142. The second-order valence-electron chi connectivity index (χ2n) is 7.44. The first-order chi connectivity index (χ1) is 15.5. The van der Waals surface area contributed by atoms with Gasteiger partial charge in [0.1, 0.15) is 18.1 Å². The van der Waals surface area contributed by atoms with Crippen molar-refractivity contribution in [3.63, 3.8) is 0 Å². The van der Waals surface area contributed by atoms with E-state index in [4.69, 9.17) is 11.5 Å². The number of benzene rings is 1. The predicted octanol–water partition coefficient (Wildman–Crippen LogP) is -1.26. The van der Waals surface area contributed by atoms with E-state index in [0.717, 1.165) is 5.56 Å². The van der Waals surface area contributed by atoms with Gasteiger partial charge in [0.05, 0.1) is 12.5 Å². The minimum Gasteiger partial charge on any atom is -0.480 e. The van der Waals surface area contributed by atoms with Gasteiger partial charge in [-0.25, -0.2) is 4.79 Å². The molecule has 0 heterocycles. The molecule has 0 saturated heterocycles. The fourth-order valence-electron chi connectivity index (χ4n) is 2.82. The summed E-state index contributed by atoms with van der Waals surface area (Å²) >= 11 is 1.45. The summed E-state index contributed by atoms with van der Waals surface area (Å²) in [5, 5.41) is 16.8. The highest BCUT2D eigenvalue weighted by atomic mass is 32.2.